The third kappa shape index (κ3) is 5.87. The van der Waals surface area contributed by atoms with Gasteiger partial charge in [0.05, 0.1) is 0 Å². The minimum Gasteiger partial charge on any atom is -0.396 e. The highest BCUT2D eigenvalue weighted by molar-refractivity contribution is 7.09. The molecule has 0 amide bonds. The maximum Gasteiger partial charge on any atom is 0.107 e. The lowest BCUT2D eigenvalue weighted by Crippen LogP contribution is -2.14. The molecule has 0 fully saturated rings. The number of aliphatic hydroxyl groups is 1. The van der Waals surface area contributed by atoms with E-state index >= 15 is 0 Å². The standard InChI is InChI=1S/C11H20N2OS/c1-10-9-15-11(13-10)8-12-6-4-2-3-5-7-14/h9,12,14H,2-8H2,1H3. The number of nitrogens with one attached hydrogen (secondary N) is 1. The SMILES string of the molecule is Cc1csc(CNCCCCCCO)n1. The number of hydrogen-bond donors (Lipinski definition) is 2. The molecule has 0 saturated carbocycles. The molecule has 1 aromatic rings. The molecule has 0 aliphatic heterocycles. The number of nitrogens with zero attached hydrogens (tertiary/aromatic N) is 1. The highest BCUT2D eigenvalue weighted by Gasteiger charge is 1.97. The van der Waals surface area contributed by atoms with Crippen molar-refractivity contribution in [3.8, 4) is 0 Å². The summed E-state index contributed by atoms with van der Waals surface area (Å²) >= 11 is 1.71. The summed E-state index contributed by atoms with van der Waals surface area (Å²) in [6, 6.07) is 0. The van der Waals surface area contributed by atoms with E-state index in [2.05, 4.69) is 15.7 Å². The molecular formula is C11H20N2OS. The van der Waals surface area contributed by atoms with Gasteiger partial charge in [-0.3, -0.25) is 0 Å². The van der Waals surface area contributed by atoms with Crippen LogP contribution in [0.5, 0.6) is 0 Å². The van der Waals surface area contributed by atoms with Gasteiger partial charge in [0.25, 0.3) is 0 Å². The van der Waals surface area contributed by atoms with Crippen LogP contribution in [0.3, 0.4) is 0 Å². The predicted molar refractivity (Wildman–Crippen MR) is 64.1 cm³/mol. The van der Waals surface area contributed by atoms with E-state index in [-0.39, 0.29) is 0 Å². The fourth-order valence-corrected chi connectivity index (χ4v) is 2.14. The quantitative estimate of drug-likeness (QED) is 0.670. The minimum absolute atomic E-state index is 0.325. The van der Waals surface area contributed by atoms with E-state index in [1.807, 2.05) is 6.92 Å². The zero-order valence-corrected chi connectivity index (χ0v) is 10.1. The van der Waals surface area contributed by atoms with Crippen molar-refractivity contribution in [2.24, 2.45) is 0 Å². The Morgan fingerprint density at radius 2 is 2.13 bits per heavy atom. The Labute approximate surface area is 95.6 Å². The molecule has 0 aliphatic carbocycles. The van der Waals surface area contributed by atoms with Gasteiger partial charge in [0.2, 0.25) is 0 Å². The maximum atomic E-state index is 8.60. The lowest BCUT2D eigenvalue weighted by Gasteiger charge is -2.01. The van der Waals surface area contributed by atoms with Gasteiger partial charge in [-0.05, 0) is 26.3 Å². The molecule has 0 spiro atoms. The smallest absolute Gasteiger partial charge is 0.107 e. The molecule has 2 N–H and O–H groups in total. The second kappa shape index (κ2) is 7.79. The molecule has 1 aromatic heterocycles. The molecule has 15 heavy (non-hydrogen) atoms. The Hall–Kier alpha value is -0.450. The minimum atomic E-state index is 0.325. The summed E-state index contributed by atoms with van der Waals surface area (Å²) in [5.74, 6) is 0. The molecule has 0 saturated heterocycles. The van der Waals surface area contributed by atoms with Crippen LogP contribution in [0.25, 0.3) is 0 Å². The van der Waals surface area contributed by atoms with Gasteiger partial charge >= 0.3 is 0 Å². The van der Waals surface area contributed by atoms with E-state index in [0.29, 0.717) is 6.61 Å². The number of aromatic nitrogens is 1. The van der Waals surface area contributed by atoms with Crippen molar-refractivity contribution in [1.29, 1.82) is 0 Å². The van der Waals surface area contributed by atoms with Crippen molar-refractivity contribution < 1.29 is 5.11 Å². The van der Waals surface area contributed by atoms with Crippen molar-refractivity contribution in [2.75, 3.05) is 13.2 Å². The summed E-state index contributed by atoms with van der Waals surface area (Å²) in [5.41, 5.74) is 1.11. The third-order valence-electron chi connectivity index (χ3n) is 2.20. The van der Waals surface area contributed by atoms with E-state index in [0.717, 1.165) is 31.6 Å². The van der Waals surface area contributed by atoms with Gasteiger partial charge in [-0.2, -0.15) is 0 Å². The van der Waals surface area contributed by atoms with Gasteiger partial charge in [-0.1, -0.05) is 12.8 Å². The third-order valence-corrected chi connectivity index (χ3v) is 3.17. The molecule has 3 nitrogen and oxygen atoms in total. The summed E-state index contributed by atoms with van der Waals surface area (Å²) in [5, 5.41) is 15.2. The van der Waals surface area contributed by atoms with Crippen LogP contribution in [0.15, 0.2) is 5.38 Å². The van der Waals surface area contributed by atoms with Crippen LogP contribution in [0.4, 0.5) is 0 Å². The van der Waals surface area contributed by atoms with Crippen molar-refractivity contribution in [2.45, 2.75) is 39.2 Å². The van der Waals surface area contributed by atoms with Crippen LogP contribution >= 0.6 is 11.3 Å². The first-order valence-corrected chi connectivity index (χ1v) is 6.43. The lowest BCUT2D eigenvalue weighted by molar-refractivity contribution is 0.282. The predicted octanol–water partition coefficient (Wildman–Crippen LogP) is 2.09. The van der Waals surface area contributed by atoms with Crippen molar-refractivity contribution in [1.82, 2.24) is 10.3 Å². The Bertz CT molecular complexity index is 263. The van der Waals surface area contributed by atoms with Crippen molar-refractivity contribution in [3.05, 3.63) is 16.1 Å². The summed E-state index contributed by atoms with van der Waals surface area (Å²) in [6.45, 7) is 4.28. The van der Waals surface area contributed by atoms with Gasteiger partial charge < -0.3 is 10.4 Å². The highest BCUT2D eigenvalue weighted by Crippen LogP contribution is 2.07. The molecule has 0 atom stereocenters. The molecule has 1 heterocycles. The average Bonchev–Trinajstić information content (AvgIpc) is 2.63. The maximum absolute atomic E-state index is 8.60. The Morgan fingerprint density at radius 1 is 1.33 bits per heavy atom. The van der Waals surface area contributed by atoms with Crippen molar-refractivity contribution in [3.63, 3.8) is 0 Å². The molecular weight excluding hydrogens is 208 g/mol. The van der Waals surface area contributed by atoms with Crippen LogP contribution in [-0.2, 0) is 6.54 Å². The number of unbranched alkanes of at least 4 members (excludes halogenated alkanes) is 3. The lowest BCUT2D eigenvalue weighted by atomic mass is 10.2. The number of hydrogen-bond acceptors (Lipinski definition) is 4. The first kappa shape index (κ1) is 12.6. The number of thiazole rings is 1. The monoisotopic (exact) mass is 228 g/mol. The molecule has 0 aliphatic rings. The summed E-state index contributed by atoms with van der Waals surface area (Å²) in [7, 11) is 0. The zero-order valence-electron chi connectivity index (χ0n) is 9.33. The second-order valence-electron chi connectivity index (χ2n) is 3.70. The van der Waals surface area contributed by atoms with E-state index in [1.54, 1.807) is 11.3 Å². The van der Waals surface area contributed by atoms with Crippen molar-refractivity contribution >= 4 is 11.3 Å². The molecule has 0 radical (unpaired) electrons. The number of rotatable bonds is 8. The molecule has 86 valence electrons. The molecule has 0 unspecified atom stereocenters. The van der Waals surface area contributed by atoms with Gasteiger partial charge in [-0.15, -0.1) is 11.3 Å². The summed E-state index contributed by atoms with van der Waals surface area (Å²) in [4.78, 5) is 4.38. The molecule has 0 bridgehead atoms. The Morgan fingerprint density at radius 3 is 2.80 bits per heavy atom. The van der Waals surface area contributed by atoms with Gasteiger partial charge in [0, 0.05) is 24.2 Å². The van der Waals surface area contributed by atoms with E-state index in [1.165, 1.54) is 17.8 Å². The van der Waals surface area contributed by atoms with Crippen LogP contribution in [0, 0.1) is 6.92 Å². The Kier molecular flexibility index (Phi) is 6.55. The van der Waals surface area contributed by atoms with Crippen LogP contribution < -0.4 is 5.32 Å². The van der Waals surface area contributed by atoms with Gasteiger partial charge in [0.1, 0.15) is 5.01 Å². The van der Waals surface area contributed by atoms with Crippen LogP contribution in [0.1, 0.15) is 36.4 Å². The van der Waals surface area contributed by atoms with E-state index in [4.69, 9.17) is 5.11 Å². The topological polar surface area (TPSA) is 45.1 Å². The largest absolute Gasteiger partial charge is 0.396 e. The van der Waals surface area contributed by atoms with E-state index < -0.39 is 0 Å². The molecule has 4 heteroatoms. The Balaban J connectivity index is 1.93. The fraction of sp³-hybridized carbons (Fsp3) is 0.727. The summed E-state index contributed by atoms with van der Waals surface area (Å²) < 4.78 is 0. The number of aliphatic hydroxyl groups excluding tert-OH is 1. The fourth-order valence-electron chi connectivity index (χ4n) is 1.39. The molecule has 0 aromatic carbocycles. The highest BCUT2D eigenvalue weighted by atomic mass is 32.1. The first-order valence-electron chi connectivity index (χ1n) is 5.55. The summed E-state index contributed by atoms with van der Waals surface area (Å²) in [6.07, 6.45) is 4.45. The normalized spacial score (nSPS) is 10.8. The van der Waals surface area contributed by atoms with Gasteiger partial charge in [-0.25, -0.2) is 4.98 Å². The molecule has 1 rings (SSSR count). The average molecular weight is 228 g/mol. The van der Waals surface area contributed by atoms with Gasteiger partial charge in [0.15, 0.2) is 0 Å². The first-order chi connectivity index (χ1) is 7.33. The second-order valence-corrected chi connectivity index (χ2v) is 4.64. The number of aryl methyl sites for hydroxylation is 1. The van der Waals surface area contributed by atoms with Crippen LogP contribution in [-0.4, -0.2) is 23.2 Å². The zero-order chi connectivity index (χ0) is 10.9. The van der Waals surface area contributed by atoms with Crippen LogP contribution in [0.2, 0.25) is 0 Å². The van der Waals surface area contributed by atoms with E-state index in [9.17, 15) is 0 Å².